The fraction of sp³-hybridized carbons (Fsp3) is 0.150. The van der Waals surface area contributed by atoms with Crippen LogP contribution in [0.4, 0.5) is 11.4 Å². The molecular weight excluding hydrogens is 362 g/mol. The number of carbonyl (C=O) groups excluding carboxylic acids is 4. The normalized spacial score (nSPS) is 13.5. The van der Waals surface area contributed by atoms with Gasteiger partial charge in [0.25, 0.3) is 11.8 Å². The zero-order valence-electron chi connectivity index (χ0n) is 15.1. The minimum Gasteiger partial charge on any atom is -0.444 e. The fourth-order valence-corrected chi connectivity index (χ4v) is 2.75. The minimum absolute atomic E-state index is 0.0739. The van der Waals surface area contributed by atoms with E-state index in [0.717, 1.165) is 4.90 Å². The molecule has 0 spiro atoms. The monoisotopic (exact) mass is 377 g/mol. The molecule has 8 heteroatoms. The summed E-state index contributed by atoms with van der Waals surface area (Å²) < 4.78 is 4.92. The number of benzene rings is 2. The molecular formula is C20H15N3O5. The summed E-state index contributed by atoms with van der Waals surface area (Å²) in [5.74, 6) is -2.08. The van der Waals surface area contributed by atoms with Crippen molar-refractivity contribution in [2.24, 2.45) is 0 Å². The topological polar surface area (TPSA) is 117 Å². The average molecular weight is 377 g/mol. The first kappa shape index (κ1) is 18.8. The maximum atomic E-state index is 12.8. The van der Waals surface area contributed by atoms with E-state index >= 15 is 0 Å². The van der Waals surface area contributed by atoms with Crippen LogP contribution in [0.15, 0.2) is 42.5 Å². The molecule has 2 aromatic rings. The van der Waals surface area contributed by atoms with Gasteiger partial charge in [-0.1, -0.05) is 0 Å². The van der Waals surface area contributed by atoms with Crippen LogP contribution in [0.5, 0.6) is 0 Å². The van der Waals surface area contributed by atoms with Crippen molar-refractivity contribution in [3.63, 3.8) is 0 Å². The number of fused-ring (bicyclic) bond motifs is 1. The van der Waals surface area contributed by atoms with E-state index in [4.69, 9.17) is 10.00 Å². The van der Waals surface area contributed by atoms with E-state index in [2.05, 4.69) is 5.32 Å². The van der Waals surface area contributed by atoms with E-state index in [9.17, 15) is 19.2 Å². The largest absolute Gasteiger partial charge is 0.444 e. The summed E-state index contributed by atoms with van der Waals surface area (Å²) in [6.45, 7) is 2.80. The lowest BCUT2D eigenvalue weighted by molar-refractivity contribution is -0.114. The van der Waals surface area contributed by atoms with Crippen molar-refractivity contribution >= 4 is 35.1 Å². The molecule has 8 nitrogen and oxygen atoms in total. The number of ether oxygens (including phenoxy) is 1. The van der Waals surface area contributed by atoms with Gasteiger partial charge in [0.2, 0.25) is 5.91 Å². The van der Waals surface area contributed by atoms with Crippen molar-refractivity contribution in [1.82, 2.24) is 0 Å². The predicted octanol–water partition coefficient (Wildman–Crippen LogP) is 2.51. The highest BCUT2D eigenvalue weighted by molar-refractivity contribution is 6.34. The van der Waals surface area contributed by atoms with E-state index < -0.39 is 23.9 Å². The van der Waals surface area contributed by atoms with Gasteiger partial charge in [-0.2, -0.15) is 5.26 Å². The molecule has 2 aromatic carbocycles. The highest BCUT2D eigenvalue weighted by Crippen LogP contribution is 2.30. The number of hydrogen-bond acceptors (Lipinski definition) is 6. The van der Waals surface area contributed by atoms with Crippen LogP contribution in [0.25, 0.3) is 0 Å². The smallest absolute Gasteiger partial charge is 0.339 e. The number of nitriles is 1. The summed E-state index contributed by atoms with van der Waals surface area (Å²) in [5.41, 5.74) is 1.19. The van der Waals surface area contributed by atoms with Crippen molar-refractivity contribution in [2.75, 3.05) is 10.2 Å². The van der Waals surface area contributed by atoms with Crippen LogP contribution < -0.4 is 10.2 Å². The molecule has 1 aliphatic rings. The molecule has 1 N–H and O–H groups in total. The van der Waals surface area contributed by atoms with Gasteiger partial charge in [-0.05, 0) is 49.4 Å². The lowest BCUT2D eigenvalue weighted by atomic mass is 10.1. The SMILES string of the molecule is CC(=O)Nc1ccc(N2C(=O)c3ccc(C(=O)O[C@@H](C)C#N)cc3C2=O)cc1. The molecule has 28 heavy (non-hydrogen) atoms. The van der Waals surface area contributed by atoms with Crippen molar-refractivity contribution in [3.8, 4) is 6.07 Å². The van der Waals surface area contributed by atoms with Gasteiger partial charge < -0.3 is 10.1 Å². The second kappa shape index (κ2) is 7.32. The van der Waals surface area contributed by atoms with E-state index in [0.29, 0.717) is 11.4 Å². The number of esters is 1. The lowest BCUT2D eigenvalue weighted by Crippen LogP contribution is -2.29. The molecule has 0 fully saturated rings. The quantitative estimate of drug-likeness (QED) is 0.646. The van der Waals surface area contributed by atoms with Crippen LogP contribution in [0.3, 0.4) is 0 Å². The zero-order valence-corrected chi connectivity index (χ0v) is 15.1. The molecule has 1 atom stereocenters. The third-order valence-electron chi connectivity index (χ3n) is 4.03. The standard InChI is InChI=1S/C20H15N3O5/c1-11(10-21)28-20(27)13-3-8-16-17(9-13)19(26)23(18(16)25)15-6-4-14(5-7-15)22-12(2)24/h3-9,11H,1-2H3,(H,22,24)/t11-/m0/s1. The Balaban J connectivity index is 1.88. The van der Waals surface area contributed by atoms with E-state index in [-0.39, 0.29) is 22.6 Å². The van der Waals surface area contributed by atoms with E-state index in [1.165, 1.54) is 44.2 Å². The van der Waals surface area contributed by atoms with Crippen LogP contribution in [-0.2, 0) is 9.53 Å². The van der Waals surface area contributed by atoms with Gasteiger partial charge in [0.1, 0.15) is 6.07 Å². The van der Waals surface area contributed by atoms with Gasteiger partial charge in [-0.25, -0.2) is 9.69 Å². The van der Waals surface area contributed by atoms with Gasteiger partial charge in [0.05, 0.1) is 22.4 Å². The lowest BCUT2D eigenvalue weighted by Gasteiger charge is -2.14. The fourth-order valence-electron chi connectivity index (χ4n) is 2.75. The zero-order chi connectivity index (χ0) is 20.4. The van der Waals surface area contributed by atoms with Gasteiger partial charge in [-0.3, -0.25) is 14.4 Å². The Hall–Kier alpha value is -3.99. The number of carbonyl (C=O) groups is 4. The van der Waals surface area contributed by atoms with Crippen LogP contribution in [0.2, 0.25) is 0 Å². The summed E-state index contributed by atoms with van der Waals surface area (Å²) in [5, 5.41) is 11.3. The number of hydrogen-bond donors (Lipinski definition) is 1. The van der Waals surface area contributed by atoms with Gasteiger partial charge in [0, 0.05) is 12.6 Å². The Morgan fingerprint density at radius 3 is 2.32 bits per heavy atom. The van der Waals surface area contributed by atoms with Crippen molar-refractivity contribution in [2.45, 2.75) is 20.0 Å². The first-order chi connectivity index (χ1) is 13.3. The number of imide groups is 1. The van der Waals surface area contributed by atoms with Gasteiger partial charge in [0.15, 0.2) is 6.10 Å². The molecule has 140 valence electrons. The van der Waals surface area contributed by atoms with Crippen LogP contribution >= 0.6 is 0 Å². The Morgan fingerprint density at radius 1 is 1.07 bits per heavy atom. The molecule has 0 aliphatic carbocycles. The maximum Gasteiger partial charge on any atom is 0.339 e. The number of nitrogens with one attached hydrogen (secondary N) is 1. The first-order valence-electron chi connectivity index (χ1n) is 8.33. The first-order valence-corrected chi connectivity index (χ1v) is 8.33. The summed E-state index contributed by atoms with van der Waals surface area (Å²) in [6, 6.07) is 12.1. The minimum atomic E-state index is -0.934. The molecule has 3 rings (SSSR count). The van der Waals surface area contributed by atoms with Gasteiger partial charge >= 0.3 is 5.97 Å². The molecule has 0 aromatic heterocycles. The number of rotatable bonds is 4. The average Bonchev–Trinajstić information content (AvgIpc) is 2.92. The van der Waals surface area contributed by atoms with Crippen LogP contribution in [0, 0.1) is 11.3 Å². The van der Waals surface area contributed by atoms with Crippen molar-refractivity contribution in [1.29, 1.82) is 5.26 Å². The third kappa shape index (κ3) is 3.46. The molecule has 1 heterocycles. The maximum absolute atomic E-state index is 12.8. The molecule has 0 unspecified atom stereocenters. The summed E-state index contributed by atoms with van der Waals surface area (Å²) in [7, 11) is 0. The molecule has 1 aliphatic heterocycles. The van der Waals surface area contributed by atoms with Gasteiger partial charge in [-0.15, -0.1) is 0 Å². The Labute approximate surface area is 160 Å². The molecule has 3 amide bonds. The molecule has 0 saturated heterocycles. The molecule has 0 radical (unpaired) electrons. The molecule has 0 saturated carbocycles. The predicted molar refractivity (Wildman–Crippen MR) is 98.8 cm³/mol. The number of anilines is 2. The van der Waals surface area contributed by atoms with Crippen molar-refractivity contribution < 1.29 is 23.9 Å². The van der Waals surface area contributed by atoms with Crippen molar-refractivity contribution in [3.05, 3.63) is 59.2 Å². The highest BCUT2D eigenvalue weighted by Gasteiger charge is 2.37. The Kier molecular flexibility index (Phi) is 4.92. The third-order valence-corrected chi connectivity index (χ3v) is 4.03. The highest BCUT2D eigenvalue weighted by atomic mass is 16.5. The van der Waals surface area contributed by atoms with E-state index in [1.54, 1.807) is 18.2 Å². The van der Waals surface area contributed by atoms with Crippen LogP contribution in [-0.4, -0.2) is 29.8 Å². The Morgan fingerprint density at radius 2 is 1.71 bits per heavy atom. The molecule has 0 bridgehead atoms. The Bertz CT molecular complexity index is 1040. The second-order valence-electron chi connectivity index (χ2n) is 6.11. The summed E-state index contributed by atoms with van der Waals surface area (Å²) in [6.07, 6.45) is -0.934. The number of nitrogens with zero attached hydrogens (tertiary/aromatic N) is 2. The summed E-state index contributed by atoms with van der Waals surface area (Å²) in [4.78, 5) is 49.6. The van der Waals surface area contributed by atoms with Crippen LogP contribution in [0.1, 0.15) is 44.9 Å². The second-order valence-corrected chi connectivity index (χ2v) is 6.11. The summed E-state index contributed by atoms with van der Waals surface area (Å²) >= 11 is 0. The van der Waals surface area contributed by atoms with E-state index in [1.807, 2.05) is 0 Å². The number of amides is 3.